The molecule has 0 aliphatic rings. The number of hydrogen-bond donors (Lipinski definition) is 1. The Labute approximate surface area is 125 Å². The molecule has 1 nitrogen and oxygen atoms in total. The van der Waals surface area contributed by atoms with Crippen LogP contribution in [0.4, 0.5) is 0 Å². The molecular formula is C14H13BrClNS. The van der Waals surface area contributed by atoms with Gasteiger partial charge in [-0.15, -0.1) is 0 Å². The normalized spacial score (nSPS) is 10.6. The van der Waals surface area contributed by atoms with Gasteiger partial charge in [0, 0.05) is 25.8 Å². The van der Waals surface area contributed by atoms with Gasteiger partial charge in [0.15, 0.2) is 0 Å². The zero-order valence-electron chi connectivity index (χ0n) is 9.91. The molecule has 0 aliphatic heterocycles. The van der Waals surface area contributed by atoms with E-state index in [2.05, 4.69) is 39.4 Å². The molecule has 0 saturated carbocycles. The zero-order valence-corrected chi connectivity index (χ0v) is 13.1. The van der Waals surface area contributed by atoms with Crippen molar-refractivity contribution in [1.82, 2.24) is 5.32 Å². The Morgan fingerprint density at radius 3 is 2.56 bits per heavy atom. The minimum atomic E-state index is 0.773. The van der Waals surface area contributed by atoms with E-state index in [4.69, 9.17) is 11.6 Å². The molecule has 1 N–H and O–H groups in total. The lowest BCUT2D eigenvalue weighted by molar-refractivity contribution is 0.803. The molecule has 4 heteroatoms. The standard InChI is InChI=1S/C14H13BrClNS/c1-17-9-10-2-5-12(16)8-14(10)18-13-6-3-11(15)4-7-13/h2-8,17H,9H2,1H3. The van der Waals surface area contributed by atoms with E-state index in [9.17, 15) is 0 Å². The van der Waals surface area contributed by atoms with Gasteiger partial charge in [0.25, 0.3) is 0 Å². The summed E-state index contributed by atoms with van der Waals surface area (Å²) in [6, 6.07) is 14.3. The van der Waals surface area contributed by atoms with Crippen LogP contribution in [0.5, 0.6) is 0 Å². The third kappa shape index (κ3) is 3.75. The van der Waals surface area contributed by atoms with Crippen LogP contribution >= 0.6 is 39.3 Å². The third-order valence-electron chi connectivity index (χ3n) is 2.44. The van der Waals surface area contributed by atoms with Gasteiger partial charge >= 0.3 is 0 Å². The van der Waals surface area contributed by atoms with E-state index in [0.717, 1.165) is 16.0 Å². The van der Waals surface area contributed by atoms with Crippen LogP contribution < -0.4 is 5.32 Å². The molecule has 0 amide bonds. The monoisotopic (exact) mass is 341 g/mol. The minimum absolute atomic E-state index is 0.773. The molecule has 0 atom stereocenters. The average Bonchev–Trinajstić information content (AvgIpc) is 2.36. The predicted octanol–water partition coefficient (Wildman–Crippen LogP) is 4.97. The molecule has 2 aromatic carbocycles. The highest BCUT2D eigenvalue weighted by molar-refractivity contribution is 9.10. The van der Waals surface area contributed by atoms with Crippen molar-refractivity contribution in [2.75, 3.05) is 7.05 Å². The Balaban J connectivity index is 2.26. The van der Waals surface area contributed by atoms with Crippen LogP contribution in [0.1, 0.15) is 5.56 Å². The van der Waals surface area contributed by atoms with Gasteiger partial charge in [-0.2, -0.15) is 0 Å². The molecule has 0 heterocycles. The minimum Gasteiger partial charge on any atom is -0.316 e. The summed E-state index contributed by atoms with van der Waals surface area (Å²) < 4.78 is 1.09. The average molecular weight is 343 g/mol. The lowest BCUT2D eigenvalue weighted by Crippen LogP contribution is -2.05. The van der Waals surface area contributed by atoms with Crippen molar-refractivity contribution in [3.05, 3.63) is 57.5 Å². The van der Waals surface area contributed by atoms with Gasteiger partial charge in [-0.05, 0) is 49.0 Å². The highest BCUT2D eigenvalue weighted by Crippen LogP contribution is 2.33. The Hall–Kier alpha value is -0.480. The first kappa shape index (κ1) is 13.9. The molecular weight excluding hydrogens is 330 g/mol. The Kier molecular flexibility index (Phi) is 5.13. The number of rotatable bonds is 4. The first-order valence-electron chi connectivity index (χ1n) is 5.55. The lowest BCUT2D eigenvalue weighted by Gasteiger charge is -2.09. The summed E-state index contributed by atoms with van der Waals surface area (Å²) in [7, 11) is 1.95. The van der Waals surface area contributed by atoms with E-state index in [1.54, 1.807) is 11.8 Å². The summed E-state index contributed by atoms with van der Waals surface area (Å²) in [5.74, 6) is 0. The maximum absolute atomic E-state index is 6.07. The molecule has 0 radical (unpaired) electrons. The quantitative estimate of drug-likeness (QED) is 0.841. The zero-order chi connectivity index (χ0) is 13.0. The molecule has 0 spiro atoms. The van der Waals surface area contributed by atoms with Crippen LogP contribution in [0, 0.1) is 0 Å². The van der Waals surface area contributed by atoms with Crippen LogP contribution in [0.25, 0.3) is 0 Å². The maximum Gasteiger partial charge on any atom is 0.0417 e. The van der Waals surface area contributed by atoms with Gasteiger partial charge in [0.05, 0.1) is 0 Å². The van der Waals surface area contributed by atoms with Crippen LogP contribution in [-0.2, 0) is 6.54 Å². The van der Waals surface area contributed by atoms with E-state index in [1.165, 1.54) is 15.4 Å². The fourth-order valence-corrected chi connectivity index (χ4v) is 3.07. The first-order chi connectivity index (χ1) is 8.69. The van der Waals surface area contributed by atoms with Crippen molar-refractivity contribution < 1.29 is 0 Å². The number of benzene rings is 2. The van der Waals surface area contributed by atoms with Crippen LogP contribution in [0.15, 0.2) is 56.7 Å². The van der Waals surface area contributed by atoms with Crippen molar-refractivity contribution >= 4 is 39.3 Å². The van der Waals surface area contributed by atoms with Gasteiger partial charge in [0.1, 0.15) is 0 Å². The second-order valence-corrected chi connectivity index (χ2v) is 6.31. The van der Waals surface area contributed by atoms with Gasteiger partial charge in [-0.3, -0.25) is 0 Å². The molecule has 0 aromatic heterocycles. The summed E-state index contributed by atoms with van der Waals surface area (Å²) in [5.41, 5.74) is 1.26. The Morgan fingerprint density at radius 1 is 1.17 bits per heavy atom. The molecule has 0 bridgehead atoms. The van der Waals surface area contributed by atoms with Gasteiger partial charge < -0.3 is 5.32 Å². The van der Waals surface area contributed by atoms with E-state index in [-0.39, 0.29) is 0 Å². The first-order valence-corrected chi connectivity index (χ1v) is 7.54. The molecule has 2 aromatic rings. The summed E-state index contributed by atoms with van der Waals surface area (Å²) in [4.78, 5) is 2.40. The summed E-state index contributed by atoms with van der Waals surface area (Å²) in [6.45, 7) is 0.843. The van der Waals surface area contributed by atoms with E-state index < -0.39 is 0 Å². The number of nitrogens with one attached hydrogen (secondary N) is 1. The molecule has 0 aliphatic carbocycles. The van der Waals surface area contributed by atoms with Gasteiger partial charge in [-0.1, -0.05) is 45.4 Å². The van der Waals surface area contributed by atoms with Crippen molar-refractivity contribution in [3.63, 3.8) is 0 Å². The molecule has 94 valence electrons. The molecule has 0 saturated heterocycles. The molecule has 0 unspecified atom stereocenters. The Morgan fingerprint density at radius 2 is 1.89 bits per heavy atom. The van der Waals surface area contributed by atoms with Crippen molar-refractivity contribution in [1.29, 1.82) is 0 Å². The molecule has 2 rings (SSSR count). The van der Waals surface area contributed by atoms with E-state index >= 15 is 0 Å². The molecule has 18 heavy (non-hydrogen) atoms. The van der Waals surface area contributed by atoms with E-state index in [0.29, 0.717) is 0 Å². The topological polar surface area (TPSA) is 12.0 Å². The Bertz CT molecular complexity index is 528. The van der Waals surface area contributed by atoms with Gasteiger partial charge in [0.2, 0.25) is 0 Å². The van der Waals surface area contributed by atoms with Crippen LogP contribution in [0.2, 0.25) is 5.02 Å². The van der Waals surface area contributed by atoms with Crippen molar-refractivity contribution in [2.24, 2.45) is 0 Å². The fraction of sp³-hybridized carbons (Fsp3) is 0.143. The second-order valence-electron chi connectivity index (χ2n) is 3.84. The van der Waals surface area contributed by atoms with Crippen LogP contribution in [0.3, 0.4) is 0 Å². The molecule has 0 fully saturated rings. The number of halogens is 2. The smallest absolute Gasteiger partial charge is 0.0417 e. The predicted molar refractivity (Wildman–Crippen MR) is 82.5 cm³/mol. The fourth-order valence-electron chi connectivity index (χ4n) is 1.59. The number of hydrogen-bond acceptors (Lipinski definition) is 2. The third-order valence-corrected chi connectivity index (χ3v) is 4.31. The lowest BCUT2D eigenvalue weighted by atomic mass is 10.2. The van der Waals surface area contributed by atoms with Crippen LogP contribution in [-0.4, -0.2) is 7.05 Å². The van der Waals surface area contributed by atoms with Crippen molar-refractivity contribution in [3.8, 4) is 0 Å². The largest absolute Gasteiger partial charge is 0.316 e. The van der Waals surface area contributed by atoms with Crippen molar-refractivity contribution in [2.45, 2.75) is 16.3 Å². The van der Waals surface area contributed by atoms with E-state index in [1.807, 2.05) is 31.3 Å². The summed E-state index contributed by atoms with van der Waals surface area (Å²) in [6.07, 6.45) is 0. The summed E-state index contributed by atoms with van der Waals surface area (Å²) >= 11 is 11.2. The maximum atomic E-state index is 6.07. The highest BCUT2D eigenvalue weighted by atomic mass is 79.9. The highest BCUT2D eigenvalue weighted by Gasteiger charge is 2.05. The summed E-state index contributed by atoms with van der Waals surface area (Å²) in [5, 5.41) is 3.95. The van der Waals surface area contributed by atoms with Gasteiger partial charge in [-0.25, -0.2) is 0 Å². The second kappa shape index (κ2) is 6.62. The SMILES string of the molecule is CNCc1ccc(Cl)cc1Sc1ccc(Br)cc1.